The third-order valence-corrected chi connectivity index (χ3v) is 2.93. The van der Waals surface area contributed by atoms with Crippen LogP contribution in [0.4, 0.5) is 0 Å². The lowest BCUT2D eigenvalue weighted by Crippen LogP contribution is -2.37. The van der Waals surface area contributed by atoms with Crippen LogP contribution < -0.4 is 5.32 Å². The molecule has 0 aromatic heterocycles. The van der Waals surface area contributed by atoms with Crippen LogP contribution in [0.1, 0.15) is 13.3 Å². The Morgan fingerprint density at radius 2 is 2.27 bits per heavy atom. The van der Waals surface area contributed by atoms with Gasteiger partial charge in [0.05, 0.1) is 6.54 Å². The first-order valence-corrected chi connectivity index (χ1v) is 5.95. The summed E-state index contributed by atoms with van der Waals surface area (Å²) in [4.78, 5) is 4.84. The van der Waals surface area contributed by atoms with Gasteiger partial charge < -0.3 is 10.2 Å². The fourth-order valence-corrected chi connectivity index (χ4v) is 1.89. The average molecular weight is 209 g/mol. The van der Waals surface area contributed by atoms with Gasteiger partial charge in [0.2, 0.25) is 0 Å². The summed E-state index contributed by atoms with van der Waals surface area (Å²) in [7, 11) is 0. The molecule has 0 bridgehead atoms. The van der Waals surface area contributed by atoms with Gasteiger partial charge in [-0.25, -0.2) is 0 Å². The summed E-state index contributed by atoms with van der Waals surface area (Å²) in [6.45, 7) is 10.9. The van der Waals surface area contributed by atoms with E-state index in [1.165, 1.54) is 26.1 Å². The van der Waals surface area contributed by atoms with E-state index in [1.807, 2.05) is 0 Å². The van der Waals surface area contributed by atoms with Crippen molar-refractivity contribution in [3.8, 4) is 12.3 Å². The van der Waals surface area contributed by atoms with Gasteiger partial charge in [0.15, 0.2) is 0 Å². The summed E-state index contributed by atoms with van der Waals surface area (Å²) in [5.41, 5.74) is 0. The van der Waals surface area contributed by atoms with E-state index in [2.05, 4.69) is 28.0 Å². The fourth-order valence-electron chi connectivity index (χ4n) is 1.89. The lowest BCUT2D eigenvalue weighted by Gasteiger charge is -2.24. The van der Waals surface area contributed by atoms with Gasteiger partial charge in [-0.15, -0.1) is 6.42 Å². The maximum Gasteiger partial charge on any atom is 0.0599 e. The molecule has 1 aliphatic rings. The number of hydrogen-bond acceptors (Lipinski definition) is 3. The molecule has 86 valence electrons. The first-order valence-electron chi connectivity index (χ1n) is 5.95. The Balaban J connectivity index is 2.19. The van der Waals surface area contributed by atoms with Crippen molar-refractivity contribution in [3.05, 3.63) is 0 Å². The van der Waals surface area contributed by atoms with Gasteiger partial charge in [0.1, 0.15) is 0 Å². The van der Waals surface area contributed by atoms with E-state index in [1.54, 1.807) is 0 Å². The second kappa shape index (κ2) is 7.70. The third kappa shape index (κ3) is 5.17. The molecule has 1 heterocycles. The molecule has 0 unspecified atom stereocenters. The molecule has 0 amide bonds. The summed E-state index contributed by atoms with van der Waals surface area (Å²) >= 11 is 0. The molecule has 15 heavy (non-hydrogen) atoms. The number of nitrogens with zero attached hydrogens (tertiary/aromatic N) is 2. The Bertz CT molecular complexity index is 190. The lowest BCUT2D eigenvalue weighted by atomic mass is 10.3. The Morgan fingerprint density at radius 3 is 3.00 bits per heavy atom. The minimum absolute atomic E-state index is 0.780. The number of rotatable bonds is 5. The van der Waals surface area contributed by atoms with Crippen LogP contribution in [0, 0.1) is 12.3 Å². The monoisotopic (exact) mass is 209 g/mol. The van der Waals surface area contributed by atoms with Crippen molar-refractivity contribution in [3.63, 3.8) is 0 Å². The van der Waals surface area contributed by atoms with Gasteiger partial charge in [-0.1, -0.05) is 12.8 Å². The van der Waals surface area contributed by atoms with Gasteiger partial charge in [0, 0.05) is 26.2 Å². The Hall–Kier alpha value is -0.560. The molecule has 0 aromatic rings. The largest absolute Gasteiger partial charge is 0.315 e. The van der Waals surface area contributed by atoms with Crippen molar-refractivity contribution in [1.82, 2.24) is 15.1 Å². The summed E-state index contributed by atoms with van der Waals surface area (Å²) in [6, 6.07) is 0. The van der Waals surface area contributed by atoms with Gasteiger partial charge in [-0.05, 0) is 26.1 Å². The molecule has 0 aliphatic carbocycles. The van der Waals surface area contributed by atoms with Crippen molar-refractivity contribution < 1.29 is 0 Å². The van der Waals surface area contributed by atoms with Crippen LogP contribution in [0.15, 0.2) is 0 Å². The highest BCUT2D eigenvalue weighted by Crippen LogP contribution is 1.96. The summed E-state index contributed by atoms with van der Waals surface area (Å²) in [5, 5.41) is 3.42. The first-order chi connectivity index (χ1) is 7.36. The van der Waals surface area contributed by atoms with Crippen LogP contribution in [0.3, 0.4) is 0 Å². The molecule has 3 heteroatoms. The molecule has 0 aromatic carbocycles. The zero-order chi connectivity index (χ0) is 10.9. The smallest absolute Gasteiger partial charge is 0.0599 e. The molecular weight excluding hydrogens is 186 g/mol. The fraction of sp³-hybridized carbons (Fsp3) is 0.833. The summed E-state index contributed by atoms with van der Waals surface area (Å²) in [5.74, 6) is 2.71. The zero-order valence-electron chi connectivity index (χ0n) is 9.84. The van der Waals surface area contributed by atoms with E-state index in [9.17, 15) is 0 Å². The highest BCUT2D eigenvalue weighted by Gasteiger charge is 2.09. The highest BCUT2D eigenvalue weighted by atomic mass is 15.2. The van der Waals surface area contributed by atoms with Crippen molar-refractivity contribution in [2.45, 2.75) is 13.3 Å². The topological polar surface area (TPSA) is 18.5 Å². The summed E-state index contributed by atoms with van der Waals surface area (Å²) in [6.07, 6.45) is 6.59. The van der Waals surface area contributed by atoms with Crippen LogP contribution in [0.2, 0.25) is 0 Å². The normalized spacial score (nSPS) is 18.7. The number of hydrogen-bond donors (Lipinski definition) is 1. The minimum atomic E-state index is 0.780. The molecular formula is C12H23N3. The Morgan fingerprint density at radius 1 is 1.40 bits per heavy atom. The van der Waals surface area contributed by atoms with Crippen LogP contribution >= 0.6 is 0 Å². The first kappa shape index (κ1) is 12.5. The molecule has 0 spiro atoms. The predicted octanol–water partition coefficient (Wildman–Crippen LogP) is 0.237. The molecule has 1 fully saturated rings. The number of likely N-dealkylation sites (N-methyl/N-ethyl adjacent to an activating group) is 1. The molecule has 0 atom stereocenters. The highest BCUT2D eigenvalue weighted by molar-refractivity contribution is 4.88. The number of terminal acetylenes is 1. The molecule has 1 N–H and O–H groups in total. The standard InChI is InChI=1S/C12H23N3/c1-3-8-14(4-2)11-12-15-9-5-6-13-7-10-15/h1,13H,4-12H2,2H3. The van der Waals surface area contributed by atoms with Crippen molar-refractivity contribution in [2.75, 3.05) is 52.4 Å². The Labute approximate surface area is 93.8 Å². The van der Waals surface area contributed by atoms with Crippen LogP contribution in [0.25, 0.3) is 0 Å². The van der Waals surface area contributed by atoms with Crippen molar-refractivity contribution in [1.29, 1.82) is 0 Å². The molecule has 1 saturated heterocycles. The van der Waals surface area contributed by atoms with E-state index in [-0.39, 0.29) is 0 Å². The molecule has 1 rings (SSSR count). The maximum absolute atomic E-state index is 5.32. The Kier molecular flexibility index (Phi) is 6.42. The van der Waals surface area contributed by atoms with Gasteiger partial charge in [-0.2, -0.15) is 0 Å². The lowest BCUT2D eigenvalue weighted by molar-refractivity contribution is 0.230. The van der Waals surface area contributed by atoms with Gasteiger partial charge in [-0.3, -0.25) is 4.90 Å². The van der Waals surface area contributed by atoms with E-state index in [0.717, 1.165) is 32.7 Å². The molecule has 0 radical (unpaired) electrons. The second-order valence-electron chi connectivity index (χ2n) is 4.02. The van der Waals surface area contributed by atoms with Crippen LogP contribution in [0.5, 0.6) is 0 Å². The van der Waals surface area contributed by atoms with E-state index in [4.69, 9.17) is 6.42 Å². The molecule has 3 nitrogen and oxygen atoms in total. The molecule has 0 saturated carbocycles. The quantitative estimate of drug-likeness (QED) is 0.654. The van der Waals surface area contributed by atoms with Crippen molar-refractivity contribution >= 4 is 0 Å². The van der Waals surface area contributed by atoms with E-state index in [0.29, 0.717) is 0 Å². The maximum atomic E-state index is 5.32. The van der Waals surface area contributed by atoms with E-state index >= 15 is 0 Å². The predicted molar refractivity (Wildman–Crippen MR) is 64.9 cm³/mol. The van der Waals surface area contributed by atoms with Crippen LogP contribution in [-0.2, 0) is 0 Å². The summed E-state index contributed by atoms with van der Waals surface area (Å²) < 4.78 is 0. The zero-order valence-corrected chi connectivity index (χ0v) is 9.84. The van der Waals surface area contributed by atoms with Gasteiger partial charge in [0.25, 0.3) is 0 Å². The average Bonchev–Trinajstić information content (AvgIpc) is 2.52. The SMILES string of the molecule is C#CCN(CC)CCN1CCCNCC1. The third-order valence-electron chi connectivity index (χ3n) is 2.93. The molecule has 1 aliphatic heterocycles. The van der Waals surface area contributed by atoms with Gasteiger partial charge >= 0.3 is 0 Å². The van der Waals surface area contributed by atoms with Crippen LogP contribution in [-0.4, -0.2) is 62.2 Å². The second-order valence-corrected chi connectivity index (χ2v) is 4.02. The number of nitrogens with one attached hydrogen (secondary N) is 1. The van der Waals surface area contributed by atoms with Crippen molar-refractivity contribution in [2.24, 2.45) is 0 Å². The minimum Gasteiger partial charge on any atom is -0.315 e. The van der Waals surface area contributed by atoms with E-state index < -0.39 is 0 Å².